The van der Waals surface area contributed by atoms with Crippen LogP contribution in [-0.2, 0) is 0 Å². The van der Waals surface area contributed by atoms with Crippen LogP contribution in [0.25, 0.3) is 0 Å². The molecule has 0 heterocycles. The van der Waals surface area contributed by atoms with E-state index < -0.39 is 0 Å². The smallest absolute Gasteiger partial charge is 0.0703 e. The lowest BCUT2D eigenvalue weighted by Crippen LogP contribution is -2.50. The van der Waals surface area contributed by atoms with E-state index in [0.29, 0.717) is 6.54 Å². The van der Waals surface area contributed by atoms with Crippen molar-refractivity contribution in [2.45, 2.75) is 142 Å². The van der Waals surface area contributed by atoms with E-state index in [2.05, 4.69) is 17.6 Å². The molecule has 0 saturated heterocycles. The molecule has 0 saturated carbocycles. The number of aliphatic hydroxyl groups excluding tert-OH is 2. The van der Waals surface area contributed by atoms with Crippen molar-refractivity contribution in [3.8, 4) is 0 Å². The summed E-state index contributed by atoms with van der Waals surface area (Å²) in [7, 11) is 0. The van der Waals surface area contributed by atoms with Gasteiger partial charge in [-0.3, -0.25) is 0 Å². The van der Waals surface area contributed by atoms with Gasteiger partial charge in [-0.2, -0.15) is 0 Å². The van der Waals surface area contributed by atoms with Gasteiger partial charge in [-0.1, -0.05) is 91.4 Å². The Hall–Kier alpha value is -0.160. The molecule has 28 heavy (non-hydrogen) atoms. The maximum absolute atomic E-state index is 10.3. The summed E-state index contributed by atoms with van der Waals surface area (Å²) in [6.07, 6.45) is 17.2. The molecule has 0 aromatic carbocycles. The molecule has 0 rings (SSSR count). The minimum atomic E-state index is -0.337. The molecule has 0 spiro atoms. The minimum absolute atomic E-state index is 0.0595. The summed E-state index contributed by atoms with van der Waals surface area (Å²) in [4.78, 5) is 0. The van der Waals surface area contributed by atoms with Crippen LogP contribution in [0.3, 0.4) is 0 Å². The van der Waals surface area contributed by atoms with E-state index in [1.807, 2.05) is 20.8 Å². The van der Waals surface area contributed by atoms with Crippen molar-refractivity contribution >= 4 is 0 Å². The maximum atomic E-state index is 10.3. The summed E-state index contributed by atoms with van der Waals surface area (Å²) in [5.74, 6) is 0. The van der Waals surface area contributed by atoms with E-state index in [9.17, 15) is 10.2 Å². The third-order valence-corrected chi connectivity index (χ3v) is 5.97. The number of hydrogen-bond donors (Lipinski definition) is 4. The van der Waals surface area contributed by atoms with Crippen molar-refractivity contribution in [3.05, 3.63) is 0 Å². The second kappa shape index (κ2) is 20.1. The molecule has 0 radical (unpaired) electrons. The monoisotopic (exact) mass is 400 g/mol. The van der Waals surface area contributed by atoms with Crippen molar-refractivity contribution < 1.29 is 10.2 Å². The molecular formula is C24H52N2O2. The lowest BCUT2D eigenvalue weighted by molar-refractivity contribution is 0.103. The Kier molecular flexibility index (Phi) is 20.0. The fourth-order valence-corrected chi connectivity index (χ4v) is 3.68. The third-order valence-electron chi connectivity index (χ3n) is 5.97. The van der Waals surface area contributed by atoms with E-state index in [4.69, 9.17) is 0 Å². The Labute approximate surface area is 176 Å². The molecule has 0 aliphatic carbocycles. The topological polar surface area (TPSA) is 64.5 Å². The van der Waals surface area contributed by atoms with E-state index in [1.165, 1.54) is 77.0 Å². The van der Waals surface area contributed by atoms with Gasteiger partial charge in [-0.15, -0.1) is 0 Å². The van der Waals surface area contributed by atoms with Gasteiger partial charge in [0.2, 0.25) is 0 Å². The van der Waals surface area contributed by atoms with Gasteiger partial charge in [0.25, 0.3) is 0 Å². The lowest BCUT2D eigenvalue weighted by atomic mass is 10.0. The van der Waals surface area contributed by atoms with Gasteiger partial charge in [0.05, 0.1) is 12.2 Å². The highest BCUT2D eigenvalue weighted by Gasteiger charge is 2.19. The first-order valence-corrected chi connectivity index (χ1v) is 12.4. The quantitative estimate of drug-likeness (QED) is 0.201. The summed E-state index contributed by atoms with van der Waals surface area (Å²) in [5, 5.41) is 27.0. The number of hydrogen-bond acceptors (Lipinski definition) is 4. The predicted molar refractivity (Wildman–Crippen MR) is 123 cm³/mol. The van der Waals surface area contributed by atoms with Gasteiger partial charge in [-0.25, -0.2) is 0 Å². The van der Waals surface area contributed by atoms with Gasteiger partial charge in [-0.05, 0) is 32.7 Å². The highest BCUT2D eigenvalue weighted by molar-refractivity contribution is 4.80. The van der Waals surface area contributed by atoms with Crippen molar-refractivity contribution in [2.75, 3.05) is 13.1 Å². The molecule has 0 aliphatic heterocycles. The van der Waals surface area contributed by atoms with Crippen LogP contribution in [0.5, 0.6) is 0 Å². The fourth-order valence-electron chi connectivity index (χ4n) is 3.68. The average Bonchev–Trinajstić information content (AvgIpc) is 2.71. The summed E-state index contributed by atoms with van der Waals surface area (Å²) in [6, 6.07) is 0.120. The molecular weight excluding hydrogens is 348 g/mol. The molecule has 170 valence electrons. The molecule has 0 fully saturated rings. The summed E-state index contributed by atoms with van der Waals surface area (Å²) < 4.78 is 0. The van der Waals surface area contributed by atoms with E-state index in [1.54, 1.807) is 0 Å². The van der Waals surface area contributed by atoms with Crippen molar-refractivity contribution in [3.63, 3.8) is 0 Å². The number of unbranched alkanes of at least 4 members (excludes halogenated alkanes) is 11. The Morgan fingerprint density at radius 3 is 1.54 bits per heavy atom. The zero-order chi connectivity index (χ0) is 21.0. The summed E-state index contributed by atoms with van der Waals surface area (Å²) in [5.41, 5.74) is 0. The van der Waals surface area contributed by atoms with Gasteiger partial charge in [0, 0.05) is 18.6 Å². The highest BCUT2D eigenvalue weighted by Crippen LogP contribution is 2.12. The fraction of sp³-hybridized carbons (Fsp3) is 1.00. The number of aliphatic hydroxyl groups is 2. The molecule has 0 aliphatic rings. The van der Waals surface area contributed by atoms with E-state index in [-0.39, 0.29) is 24.3 Å². The van der Waals surface area contributed by atoms with Crippen molar-refractivity contribution in [1.82, 2.24) is 10.6 Å². The van der Waals surface area contributed by atoms with Crippen LogP contribution in [0.4, 0.5) is 0 Å². The van der Waals surface area contributed by atoms with Crippen LogP contribution in [-0.4, -0.2) is 47.6 Å². The molecule has 4 N–H and O–H groups in total. The van der Waals surface area contributed by atoms with Gasteiger partial charge < -0.3 is 20.8 Å². The van der Waals surface area contributed by atoms with Crippen LogP contribution in [0.1, 0.15) is 118 Å². The molecule has 4 unspecified atom stereocenters. The van der Waals surface area contributed by atoms with Crippen LogP contribution in [0, 0.1) is 0 Å². The first kappa shape index (κ1) is 27.8. The highest BCUT2D eigenvalue weighted by atomic mass is 16.3. The molecule has 4 atom stereocenters. The third kappa shape index (κ3) is 15.7. The van der Waals surface area contributed by atoms with Gasteiger partial charge >= 0.3 is 0 Å². The number of rotatable bonds is 21. The Balaban J connectivity index is 3.66. The lowest BCUT2D eigenvalue weighted by Gasteiger charge is -2.27. The maximum Gasteiger partial charge on any atom is 0.0703 e. The van der Waals surface area contributed by atoms with Crippen molar-refractivity contribution in [2.24, 2.45) is 0 Å². The Morgan fingerprint density at radius 1 is 0.607 bits per heavy atom. The molecule has 0 amide bonds. The normalized spacial score (nSPS) is 16.1. The van der Waals surface area contributed by atoms with Crippen LogP contribution < -0.4 is 10.6 Å². The average molecular weight is 401 g/mol. The molecule has 0 aromatic rings. The van der Waals surface area contributed by atoms with E-state index >= 15 is 0 Å². The molecule has 0 aromatic heterocycles. The zero-order valence-corrected chi connectivity index (χ0v) is 19.5. The molecule has 4 heteroatoms. The van der Waals surface area contributed by atoms with Crippen LogP contribution in [0.15, 0.2) is 0 Å². The SMILES string of the molecule is CCCCCCCCCCCCCCNC(CNC(C)C(O)CC)C(O)CC. The van der Waals surface area contributed by atoms with Crippen LogP contribution >= 0.6 is 0 Å². The molecule has 4 nitrogen and oxygen atoms in total. The summed E-state index contributed by atoms with van der Waals surface area (Å²) >= 11 is 0. The Morgan fingerprint density at radius 2 is 1.07 bits per heavy atom. The molecule has 0 bridgehead atoms. The standard InChI is InChI=1S/C24H52N2O2/c1-5-8-9-10-11-12-13-14-15-16-17-18-19-25-22(24(28)7-3)20-26-21(4)23(27)6-2/h21-28H,5-20H2,1-4H3. The second-order valence-electron chi connectivity index (χ2n) is 8.60. The minimum Gasteiger partial charge on any atom is -0.392 e. The summed E-state index contributed by atoms with van der Waals surface area (Å²) in [6.45, 7) is 9.96. The van der Waals surface area contributed by atoms with Gasteiger partial charge in [0.15, 0.2) is 0 Å². The van der Waals surface area contributed by atoms with Crippen LogP contribution in [0.2, 0.25) is 0 Å². The predicted octanol–water partition coefficient (Wildman–Crippen LogP) is 5.17. The van der Waals surface area contributed by atoms with E-state index in [0.717, 1.165) is 19.4 Å². The second-order valence-corrected chi connectivity index (χ2v) is 8.60. The number of nitrogens with one attached hydrogen (secondary N) is 2. The zero-order valence-electron chi connectivity index (χ0n) is 19.5. The largest absolute Gasteiger partial charge is 0.392 e. The van der Waals surface area contributed by atoms with Gasteiger partial charge in [0.1, 0.15) is 0 Å². The first-order valence-electron chi connectivity index (χ1n) is 12.4. The van der Waals surface area contributed by atoms with Crippen molar-refractivity contribution in [1.29, 1.82) is 0 Å². The Bertz CT molecular complexity index is 315. The first-order chi connectivity index (χ1) is 13.6.